The summed E-state index contributed by atoms with van der Waals surface area (Å²) in [7, 11) is 1.31. The van der Waals surface area contributed by atoms with E-state index in [1.54, 1.807) is 18.2 Å². The van der Waals surface area contributed by atoms with Crippen LogP contribution in [0.5, 0.6) is 0 Å². The highest BCUT2D eigenvalue weighted by molar-refractivity contribution is 6.32. The van der Waals surface area contributed by atoms with Gasteiger partial charge in [0.15, 0.2) is 0 Å². The molecule has 2 aliphatic rings. The van der Waals surface area contributed by atoms with Crippen LogP contribution < -0.4 is 5.32 Å². The van der Waals surface area contributed by atoms with Crippen LogP contribution in [0.4, 0.5) is 5.69 Å². The Hall–Kier alpha value is -2.88. The van der Waals surface area contributed by atoms with Crippen LogP contribution in [0.2, 0.25) is 0 Å². The number of methoxy groups -OCH3 is 1. The molecule has 1 heterocycles. The van der Waals surface area contributed by atoms with E-state index in [1.165, 1.54) is 7.11 Å². The van der Waals surface area contributed by atoms with Crippen molar-refractivity contribution in [3.8, 4) is 0 Å². The molecule has 0 radical (unpaired) electrons. The van der Waals surface area contributed by atoms with Crippen molar-refractivity contribution in [2.75, 3.05) is 12.4 Å². The van der Waals surface area contributed by atoms with Crippen LogP contribution in [0.25, 0.3) is 5.57 Å². The highest BCUT2D eigenvalue weighted by atomic mass is 16.5. The first-order valence-corrected chi connectivity index (χ1v) is 7.48. The maximum atomic E-state index is 13.1. The quantitative estimate of drug-likeness (QED) is 0.685. The van der Waals surface area contributed by atoms with E-state index in [9.17, 15) is 9.59 Å². The monoisotopic (exact) mass is 305 g/mol. The number of anilines is 1. The number of Topliss-reactive ketones (excluding diaryl/α,β-unsaturated/α-hetero) is 1. The lowest BCUT2D eigenvalue weighted by Gasteiger charge is -2.27. The number of esters is 1. The molecule has 1 atom stereocenters. The number of carbonyl (C=O) groups excluding carboxylic acids is 2. The van der Waals surface area contributed by atoms with Crippen molar-refractivity contribution in [2.24, 2.45) is 0 Å². The first-order chi connectivity index (χ1) is 11.2. The Bertz CT molecular complexity index is 868. The molecule has 0 spiro atoms. The minimum Gasteiger partial charge on any atom is -0.467 e. The summed E-state index contributed by atoms with van der Waals surface area (Å²) < 4.78 is 5.00. The second-order valence-corrected chi connectivity index (χ2v) is 5.72. The molecule has 0 saturated carbocycles. The topological polar surface area (TPSA) is 55.4 Å². The third-order valence-corrected chi connectivity index (χ3v) is 4.56. The molecular weight excluding hydrogens is 290 g/mol. The van der Waals surface area contributed by atoms with Crippen molar-refractivity contribution in [3.63, 3.8) is 0 Å². The van der Waals surface area contributed by atoms with E-state index in [-0.39, 0.29) is 5.78 Å². The summed E-state index contributed by atoms with van der Waals surface area (Å²) in [6.07, 6.45) is 2.65. The summed E-state index contributed by atoms with van der Waals surface area (Å²) in [5, 5.41) is 3.14. The van der Waals surface area contributed by atoms with Gasteiger partial charge in [-0.1, -0.05) is 42.5 Å². The fourth-order valence-electron chi connectivity index (χ4n) is 3.49. The minimum absolute atomic E-state index is 0.261. The van der Waals surface area contributed by atoms with Gasteiger partial charge in [-0.15, -0.1) is 0 Å². The zero-order valence-electron chi connectivity index (χ0n) is 12.6. The Kier molecular flexibility index (Phi) is 2.88. The van der Waals surface area contributed by atoms with Gasteiger partial charge >= 0.3 is 5.97 Å². The second-order valence-electron chi connectivity index (χ2n) is 5.72. The zero-order valence-corrected chi connectivity index (χ0v) is 12.6. The number of allylic oxidation sites excluding steroid dienone is 1. The lowest BCUT2D eigenvalue weighted by molar-refractivity contribution is -0.142. The fourth-order valence-corrected chi connectivity index (χ4v) is 3.49. The number of ketones is 1. The highest BCUT2D eigenvalue weighted by Crippen LogP contribution is 2.44. The number of para-hydroxylation sites is 1. The van der Waals surface area contributed by atoms with Crippen LogP contribution in [0.1, 0.15) is 21.5 Å². The van der Waals surface area contributed by atoms with Crippen LogP contribution >= 0.6 is 0 Å². The van der Waals surface area contributed by atoms with E-state index < -0.39 is 11.5 Å². The van der Waals surface area contributed by atoms with Crippen molar-refractivity contribution in [1.29, 1.82) is 0 Å². The Balaban J connectivity index is 1.92. The van der Waals surface area contributed by atoms with Crippen molar-refractivity contribution >= 4 is 23.0 Å². The Morgan fingerprint density at radius 3 is 2.52 bits per heavy atom. The van der Waals surface area contributed by atoms with Gasteiger partial charge in [0.25, 0.3) is 0 Å². The average Bonchev–Trinajstić information content (AvgIpc) is 3.15. The van der Waals surface area contributed by atoms with Crippen molar-refractivity contribution < 1.29 is 14.3 Å². The van der Waals surface area contributed by atoms with Gasteiger partial charge in [0.1, 0.15) is 0 Å². The van der Waals surface area contributed by atoms with Gasteiger partial charge < -0.3 is 10.1 Å². The Morgan fingerprint density at radius 1 is 1.09 bits per heavy atom. The summed E-state index contributed by atoms with van der Waals surface area (Å²) in [5.74, 6) is -0.843. The number of hydrogen-bond acceptors (Lipinski definition) is 4. The maximum absolute atomic E-state index is 13.1. The summed E-state index contributed by atoms with van der Waals surface area (Å²) in [4.78, 5) is 25.8. The van der Waals surface area contributed by atoms with Gasteiger partial charge in [-0.2, -0.15) is 0 Å². The van der Waals surface area contributed by atoms with Crippen molar-refractivity contribution in [2.45, 2.75) is 12.0 Å². The van der Waals surface area contributed by atoms with Crippen molar-refractivity contribution in [3.05, 3.63) is 71.3 Å². The smallest absolute Gasteiger partial charge is 0.344 e. The fraction of sp³-hybridized carbons (Fsp3) is 0.158. The number of rotatable bonds is 2. The van der Waals surface area contributed by atoms with E-state index in [1.807, 2.05) is 36.4 Å². The Morgan fingerprint density at radius 2 is 1.78 bits per heavy atom. The second kappa shape index (κ2) is 4.81. The van der Waals surface area contributed by atoms with Gasteiger partial charge in [0, 0.05) is 16.8 Å². The highest BCUT2D eigenvalue weighted by Gasteiger charge is 2.56. The molecule has 23 heavy (non-hydrogen) atoms. The maximum Gasteiger partial charge on any atom is 0.344 e. The number of fused-ring (bicyclic) bond motifs is 2. The van der Waals surface area contributed by atoms with E-state index in [0.29, 0.717) is 23.2 Å². The number of ether oxygens (including phenoxy) is 1. The summed E-state index contributed by atoms with van der Waals surface area (Å²) in [5.41, 5.74) is 2.39. The molecule has 0 saturated heterocycles. The molecule has 0 amide bonds. The lowest BCUT2D eigenvalue weighted by Crippen LogP contribution is -2.51. The van der Waals surface area contributed by atoms with Crippen LogP contribution in [0.3, 0.4) is 0 Å². The minimum atomic E-state index is -1.50. The molecular formula is C19H15NO3. The third kappa shape index (κ3) is 1.72. The predicted octanol–water partition coefficient (Wildman–Crippen LogP) is 2.85. The van der Waals surface area contributed by atoms with Gasteiger partial charge in [-0.05, 0) is 29.7 Å². The molecule has 0 bridgehead atoms. The molecule has 1 N–H and O–H groups in total. The first-order valence-electron chi connectivity index (χ1n) is 7.48. The first kappa shape index (κ1) is 13.8. The van der Waals surface area contributed by atoms with Gasteiger partial charge in [0.05, 0.1) is 7.11 Å². The molecule has 4 rings (SSSR count). The van der Waals surface area contributed by atoms with Gasteiger partial charge in [-0.3, -0.25) is 4.79 Å². The largest absolute Gasteiger partial charge is 0.467 e. The average molecular weight is 305 g/mol. The van der Waals surface area contributed by atoms with E-state index in [4.69, 9.17) is 4.74 Å². The van der Waals surface area contributed by atoms with E-state index in [2.05, 4.69) is 5.32 Å². The normalized spacial score (nSPS) is 21.3. The Labute approximate surface area is 133 Å². The van der Waals surface area contributed by atoms with Crippen LogP contribution in [0.15, 0.2) is 54.6 Å². The number of carbonyl (C=O) groups is 2. The zero-order chi connectivity index (χ0) is 16.0. The van der Waals surface area contributed by atoms with Crippen LogP contribution in [0, 0.1) is 0 Å². The molecule has 4 heteroatoms. The molecule has 1 aliphatic heterocycles. The standard InChI is InChI=1S/C19H15NO3/c1-23-18(22)19(15-11-10-12-6-2-3-7-13(12)15)17(21)14-8-4-5-9-16(14)20-19/h2-9,11,20H,10H2,1H3. The molecule has 2 aromatic carbocycles. The number of hydrogen-bond donors (Lipinski definition) is 1. The summed E-state index contributed by atoms with van der Waals surface area (Å²) in [6, 6.07) is 15.0. The summed E-state index contributed by atoms with van der Waals surface area (Å²) in [6.45, 7) is 0. The molecule has 0 aromatic heterocycles. The molecule has 0 fully saturated rings. The molecule has 2 aromatic rings. The molecule has 1 aliphatic carbocycles. The third-order valence-electron chi connectivity index (χ3n) is 4.56. The van der Waals surface area contributed by atoms with E-state index >= 15 is 0 Å². The van der Waals surface area contributed by atoms with Gasteiger partial charge in [-0.25, -0.2) is 4.79 Å². The predicted molar refractivity (Wildman–Crippen MR) is 87.3 cm³/mol. The number of benzene rings is 2. The molecule has 4 nitrogen and oxygen atoms in total. The van der Waals surface area contributed by atoms with Crippen LogP contribution in [-0.4, -0.2) is 24.4 Å². The lowest BCUT2D eigenvalue weighted by atomic mass is 9.82. The molecule has 114 valence electrons. The van der Waals surface area contributed by atoms with E-state index in [0.717, 1.165) is 11.1 Å². The van der Waals surface area contributed by atoms with Gasteiger partial charge in [0.2, 0.25) is 11.3 Å². The number of nitrogens with one attached hydrogen (secondary N) is 1. The van der Waals surface area contributed by atoms with Crippen LogP contribution in [-0.2, 0) is 16.0 Å². The molecule has 1 unspecified atom stereocenters. The summed E-state index contributed by atoms with van der Waals surface area (Å²) >= 11 is 0. The SMILES string of the molecule is COC(=O)C1(C2=CCc3ccccc32)Nc2ccccc2C1=O. The van der Waals surface area contributed by atoms with Crippen molar-refractivity contribution in [1.82, 2.24) is 0 Å².